The molecule has 0 radical (unpaired) electrons. The molecule has 2 N–H and O–H groups in total. The van der Waals surface area contributed by atoms with Gasteiger partial charge in [0, 0.05) is 6.20 Å². The molecule has 0 spiro atoms. The lowest BCUT2D eigenvalue weighted by Crippen LogP contribution is -2.12. The van der Waals surface area contributed by atoms with Gasteiger partial charge in [-0.25, -0.2) is 0 Å². The molecular weight excluding hydrogens is 212 g/mol. The van der Waals surface area contributed by atoms with Crippen LogP contribution in [-0.4, -0.2) is 26.1 Å². The zero-order valence-corrected chi connectivity index (χ0v) is 8.34. The Balaban J connectivity index is 2.14. The highest BCUT2D eigenvalue weighted by atomic mass is 16.5. The zero-order chi connectivity index (χ0) is 11.5. The topological polar surface area (TPSA) is 101 Å². The van der Waals surface area contributed by atoms with E-state index in [0.717, 1.165) is 0 Å². The van der Waals surface area contributed by atoms with Crippen LogP contribution >= 0.6 is 0 Å². The predicted octanol–water partition coefficient (Wildman–Crippen LogP) is 0.731. The van der Waals surface area contributed by atoms with Crippen LogP contribution in [-0.2, 0) is 0 Å². The van der Waals surface area contributed by atoms with Crippen molar-refractivity contribution in [3.63, 3.8) is 0 Å². The number of aryl methyl sites for hydroxylation is 1. The molecule has 1 amide bonds. The van der Waals surface area contributed by atoms with Crippen molar-refractivity contribution in [3.8, 4) is 5.75 Å². The Morgan fingerprint density at radius 2 is 2.31 bits per heavy atom. The van der Waals surface area contributed by atoms with E-state index in [1.807, 2.05) is 0 Å². The lowest BCUT2D eigenvalue weighted by Gasteiger charge is -1.99. The maximum Gasteiger partial charge on any atom is 0.328 e. The van der Waals surface area contributed by atoms with Crippen molar-refractivity contribution >= 4 is 11.9 Å². The van der Waals surface area contributed by atoms with E-state index >= 15 is 0 Å². The number of nitrogens with one attached hydrogen (secondary N) is 1. The Morgan fingerprint density at radius 3 is 2.94 bits per heavy atom. The summed E-state index contributed by atoms with van der Waals surface area (Å²) in [6.45, 7) is 1.63. The molecule has 7 nitrogen and oxygen atoms in total. The number of anilines is 1. The number of pyridine rings is 1. The standard InChI is InChI=1S/C9H8N4O3/c1-5-11-9(16-13-5)12-8(15)6-2-7(14)4-10-3-6/h2-4,14H,1H3,(H,11,12,13,15). The third-order valence-corrected chi connectivity index (χ3v) is 1.73. The summed E-state index contributed by atoms with van der Waals surface area (Å²) < 4.78 is 4.71. The highest BCUT2D eigenvalue weighted by molar-refractivity contribution is 6.03. The summed E-state index contributed by atoms with van der Waals surface area (Å²) >= 11 is 0. The van der Waals surface area contributed by atoms with E-state index in [1.165, 1.54) is 18.5 Å². The van der Waals surface area contributed by atoms with Gasteiger partial charge in [0.05, 0.1) is 11.8 Å². The minimum absolute atomic E-state index is 0.00541. The van der Waals surface area contributed by atoms with E-state index in [-0.39, 0.29) is 17.3 Å². The van der Waals surface area contributed by atoms with Crippen LogP contribution in [0.4, 0.5) is 6.01 Å². The molecule has 0 bridgehead atoms. The summed E-state index contributed by atoms with van der Waals surface area (Å²) in [7, 11) is 0. The lowest BCUT2D eigenvalue weighted by atomic mass is 10.2. The zero-order valence-electron chi connectivity index (χ0n) is 8.34. The van der Waals surface area contributed by atoms with E-state index in [9.17, 15) is 4.79 Å². The average molecular weight is 220 g/mol. The van der Waals surface area contributed by atoms with Crippen molar-refractivity contribution < 1.29 is 14.4 Å². The molecule has 0 fully saturated rings. The first-order valence-corrected chi connectivity index (χ1v) is 4.41. The first kappa shape index (κ1) is 10.1. The van der Waals surface area contributed by atoms with Gasteiger partial charge in [0.15, 0.2) is 5.82 Å². The molecule has 2 aromatic rings. The summed E-state index contributed by atoms with van der Waals surface area (Å²) in [6.07, 6.45) is 2.55. The van der Waals surface area contributed by atoms with Crippen LogP contribution in [0.3, 0.4) is 0 Å². The third-order valence-electron chi connectivity index (χ3n) is 1.73. The Labute approximate surface area is 90.1 Å². The summed E-state index contributed by atoms with van der Waals surface area (Å²) in [5.41, 5.74) is 0.204. The molecule has 2 aromatic heterocycles. The highest BCUT2D eigenvalue weighted by Gasteiger charge is 2.10. The molecule has 7 heteroatoms. The van der Waals surface area contributed by atoms with Gasteiger partial charge < -0.3 is 9.63 Å². The Morgan fingerprint density at radius 1 is 1.50 bits per heavy atom. The van der Waals surface area contributed by atoms with Crippen LogP contribution in [0, 0.1) is 6.92 Å². The number of carbonyl (C=O) groups is 1. The largest absolute Gasteiger partial charge is 0.506 e. The maximum absolute atomic E-state index is 11.6. The maximum atomic E-state index is 11.6. The summed E-state index contributed by atoms with van der Waals surface area (Å²) in [4.78, 5) is 19.1. The molecule has 2 heterocycles. The van der Waals surface area contributed by atoms with Crippen LogP contribution in [0.5, 0.6) is 5.75 Å². The first-order chi connectivity index (χ1) is 7.65. The molecule has 0 saturated heterocycles. The van der Waals surface area contributed by atoms with Gasteiger partial charge in [-0.2, -0.15) is 4.98 Å². The molecule has 0 aliphatic heterocycles. The second-order valence-electron chi connectivity index (χ2n) is 3.03. The van der Waals surface area contributed by atoms with Gasteiger partial charge in [0.2, 0.25) is 0 Å². The van der Waals surface area contributed by atoms with E-state index in [4.69, 9.17) is 9.63 Å². The second-order valence-corrected chi connectivity index (χ2v) is 3.03. The highest BCUT2D eigenvalue weighted by Crippen LogP contribution is 2.10. The van der Waals surface area contributed by atoms with Crippen molar-refractivity contribution in [2.24, 2.45) is 0 Å². The number of rotatable bonds is 2. The molecular formula is C9H8N4O3. The van der Waals surface area contributed by atoms with Gasteiger partial charge in [-0.3, -0.25) is 15.1 Å². The van der Waals surface area contributed by atoms with Gasteiger partial charge in [-0.15, -0.1) is 0 Å². The average Bonchev–Trinajstić information content (AvgIpc) is 2.64. The predicted molar refractivity (Wildman–Crippen MR) is 52.9 cm³/mol. The minimum Gasteiger partial charge on any atom is -0.506 e. The molecule has 0 saturated carbocycles. The molecule has 0 unspecified atom stereocenters. The molecule has 0 aromatic carbocycles. The van der Waals surface area contributed by atoms with Crippen LogP contribution < -0.4 is 5.32 Å². The van der Waals surface area contributed by atoms with E-state index in [1.54, 1.807) is 6.92 Å². The smallest absolute Gasteiger partial charge is 0.328 e. The fourth-order valence-electron chi connectivity index (χ4n) is 1.07. The quantitative estimate of drug-likeness (QED) is 0.773. The molecule has 0 aliphatic carbocycles. The van der Waals surface area contributed by atoms with Crippen LogP contribution in [0.1, 0.15) is 16.2 Å². The van der Waals surface area contributed by atoms with E-state index in [2.05, 4.69) is 20.4 Å². The van der Waals surface area contributed by atoms with Crippen molar-refractivity contribution in [3.05, 3.63) is 29.8 Å². The Bertz CT molecular complexity index is 523. The SMILES string of the molecule is Cc1noc(NC(=O)c2cncc(O)c2)n1. The number of nitrogens with zero attached hydrogens (tertiary/aromatic N) is 3. The molecule has 82 valence electrons. The summed E-state index contributed by atoms with van der Waals surface area (Å²) in [5.74, 6) is -0.147. The van der Waals surface area contributed by atoms with Gasteiger partial charge in [-0.05, 0) is 13.0 Å². The van der Waals surface area contributed by atoms with E-state index < -0.39 is 5.91 Å². The van der Waals surface area contributed by atoms with Crippen molar-refractivity contribution in [1.29, 1.82) is 0 Å². The number of amides is 1. The molecule has 16 heavy (non-hydrogen) atoms. The molecule has 0 atom stereocenters. The van der Waals surface area contributed by atoms with Crippen LogP contribution in [0.2, 0.25) is 0 Å². The number of hydrogen-bond acceptors (Lipinski definition) is 6. The number of hydrogen-bond donors (Lipinski definition) is 2. The van der Waals surface area contributed by atoms with Gasteiger partial charge in [-0.1, -0.05) is 5.16 Å². The van der Waals surface area contributed by atoms with Gasteiger partial charge in [0.1, 0.15) is 5.75 Å². The van der Waals surface area contributed by atoms with E-state index in [0.29, 0.717) is 5.82 Å². The van der Waals surface area contributed by atoms with Crippen molar-refractivity contribution in [1.82, 2.24) is 15.1 Å². The Hall–Kier alpha value is -2.44. The number of aromatic nitrogens is 3. The Kier molecular flexibility index (Phi) is 2.50. The lowest BCUT2D eigenvalue weighted by molar-refractivity contribution is 0.102. The van der Waals surface area contributed by atoms with Crippen molar-refractivity contribution in [2.45, 2.75) is 6.92 Å². The van der Waals surface area contributed by atoms with Crippen LogP contribution in [0.25, 0.3) is 0 Å². The summed E-state index contributed by atoms with van der Waals surface area (Å²) in [5, 5.41) is 15.0. The fourth-order valence-corrected chi connectivity index (χ4v) is 1.07. The van der Waals surface area contributed by atoms with Crippen LogP contribution in [0.15, 0.2) is 23.0 Å². The third kappa shape index (κ3) is 2.14. The normalized spacial score (nSPS) is 10.1. The first-order valence-electron chi connectivity index (χ1n) is 4.41. The second kappa shape index (κ2) is 3.97. The minimum atomic E-state index is -0.480. The summed E-state index contributed by atoms with van der Waals surface area (Å²) in [6, 6.07) is 1.29. The molecule has 2 rings (SSSR count). The van der Waals surface area contributed by atoms with Gasteiger partial charge in [0.25, 0.3) is 5.91 Å². The monoisotopic (exact) mass is 220 g/mol. The van der Waals surface area contributed by atoms with Gasteiger partial charge >= 0.3 is 6.01 Å². The number of carbonyl (C=O) groups excluding carboxylic acids is 1. The van der Waals surface area contributed by atoms with Crippen molar-refractivity contribution in [2.75, 3.05) is 5.32 Å². The number of aromatic hydroxyl groups is 1. The fraction of sp³-hybridized carbons (Fsp3) is 0.111. The molecule has 0 aliphatic rings.